The molecule has 24 N–H and O–H groups in total. The lowest BCUT2D eigenvalue weighted by Crippen LogP contribution is -2.62. The van der Waals surface area contributed by atoms with Crippen LogP contribution in [0, 0.1) is 0 Å². The molecule has 0 aliphatic carbocycles. The molecule has 6 aromatic carbocycles. The van der Waals surface area contributed by atoms with E-state index in [0.717, 1.165) is 66.1 Å². The lowest BCUT2D eigenvalue weighted by Gasteiger charge is -2.30. The first-order valence-electron chi connectivity index (χ1n) is 31.1. The van der Waals surface area contributed by atoms with Crippen molar-refractivity contribution in [3.8, 4) is 0 Å². The normalized spacial score (nSPS) is 14.7. The Morgan fingerprint density at radius 1 is 0.363 bits per heavy atom. The van der Waals surface area contributed by atoms with Crippen molar-refractivity contribution in [2.24, 2.45) is 51.6 Å². The molecule has 476 valence electrons. The van der Waals surface area contributed by atoms with Gasteiger partial charge in [0.25, 0.3) is 17.7 Å². The average molecular weight is 1230 g/mol. The van der Waals surface area contributed by atoms with Crippen molar-refractivity contribution in [1.82, 2.24) is 15.0 Å². The van der Waals surface area contributed by atoms with Crippen LogP contribution in [-0.4, -0.2) is 104 Å². The summed E-state index contributed by atoms with van der Waals surface area (Å²) in [6.07, 6.45) is 8.69. The highest BCUT2D eigenvalue weighted by Crippen LogP contribution is 2.36. The van der Waals surface area contributed by atoms with Crippen LogP contribution in [0.1, 0.15) is 97.1 Å². The maximum Gasteiger partial charge on any atom is 0.252 e. The largest absolute Gasteiger partial charge is 0.361 e. The summed E-state index contributed by atoms with van der Waals surface area (Å²) in [5.74, 6) is -4.52. The van der Waals surface area contributed by atoms with Crippen molar-refractivity contribution in [3.05, 3.63) is 198 Å². The first kappa shape index (κ1) is 66.4. The Hall–Kier alpha value is -9.00. The number of anilines is 3. The fourth-order valence-electron chi connectivity index (χ4n) is 12.2. The third-order valence-electron chi connectivity index (χ3n) is 17.5. The van der Waals surface area contributed by atoms with E-state index in [1.54, 1.807) is 55.0 Å². The molecule has 9 aromatic rings. The van der Waals surface area contributed by atoms with Crippen LogP contribution in [0.4, 0.5) is 17.1 Å². The second-order valence-electron chi connectivity index (χ2n) is 23.9. The molecule has 91 heavy (non-hydrogen) atoms. The van der Waals surface area contributed by atoms with E-state index in [-0.39, 0.29) is 38.5 Å². The second-order valence-corrected chi connectivity index (χ2v) is 23.9. The predicted octanol–water partition coefficient (Wildman–Crippen LogP) is 6.02. The van der Waals surface area contributed by atoms with Gasteiger partial charge in [0.1, 0.15) is 0 Å². The molecule has 0 radical (unpaired) electrons. The monoisotopic (exact) mass is 1230 g/mol. The zero-order valence-electron chi connectivity index (χ0n) is 51.2. The Bertz CT molecular complexity index is 3580. The molecule has 3 amide bonds. The highest BCUT2D eigenvalue weighted by atomic mass is 16.2. The van der Waals surface area contributed by atoms with Gasteiger partial charge in [-0.25, -0.2) is 0 Å². The number of hydrogen-bond acceptors (Lipinski definition) is 15. The van der Waals surface area contributed by atoms with Crippen LogP contribution in [0.25, 0.3) is 32.7 Å². The number of carbonyl (C=O) groups is 6. The summed E-state index contributed by atoms with van der Waals surface area (Å²) in [6, 6.07) is 40.9. The molecule has 0 fully saturated rings. The van der Waals surface area contributed by atoms with Crippen LogP contribution in [0.3, 0.4) is 0 Å². The lowest BCUT2D eigenvalue weighted by molar-refractivity contribution is -0.135. The Morgan fingerprint density at radius 2 is 0.615 bits per heavy atom. The van der Waals surface area contributed by atoms with Crippen LogP contribution >= 0.6 is 0 Å². The lowest BCUT2D eigenvalue weighted by atomic mass is 9.82. The van der Waals surface area contributed by atoms with Gasteiger partial charge in [-0.05, 0) is 185 Å². The van der Waals surface area contributed by atoms with Gasteiger partial charge in [0.2, 0.25) is 0 Å². The molecule has 0 saturated heterocycles. The molecule has 21 heteroatoms. The van der Waals surface area contributed by atoms with Gasteiger partial charge in [-0.2, -0.15) is 0 Å². The minimum atomic E-state index is -1.99. The average Bonchev–Trinajstić information content (AvgIpc) is 2.81. The molecule has 0 spiro atoms. The molecule has 0 aliphatic rings. The minimum Gasteiger partial charge on any atom is -0.361 e. The van der Waals surface area contributed by atoms with Crippen molar-refractivity contribution in [2.45, 2.75) is 118 Å². The highest BCUT2D eigenvalue weighted by Gasteiger charge is 2.46. The molecule has 21 nitrogen and oxygen atoms in total. The first-order chi connectivity index (χ1) is 43.8. The Morgan fingerprint density at radius 3 is 0.868 bits per heavy atom. The summed E-state index contributed by atoms with van der Waals surface area (Å²) in [7, 11) is 0. The Kier molecular flexibility index (Phi) is 21.7. The van der Waals surface area contributed by atoms with Gasteiger partial charge in [-0.1, -0.05) is 91.0 Å². The van der Waals surface area contributed by atoms with Crippen LogP contribution in [-0.2, 0) is 48.0 Å². The number of ketones is 3. The van der Waals surface area contributed by atoms with E-state index in [1.165, 1.54) is 0 Å². The van der Waals surface area contributed by atoms with Crippen molar-refractivity contribution in [3.63, 3.8) is 0 Å². The third kappa shape index (κ3) is 15.1. The molecule has 0 bridgehead atoms. The highest BCUT2D eigenvalue weighted by molar-refractivity contribution is 6.18. The predicted molar refractivity (Wildman–Crippen MR) is 361 cm³/mol. The van der Waals surface area contributed by atoms with E-state index in [0.29, 0.717) is 75.2 Å². The number of para-hydroxylation sites is 3. The molecule has 0 saturated carbocycles. The smallest absolute Gasteiger partial charge is 0.252 e. The summed E-state index contributed by atoms with van der Waals surface area (Å²) in [5.41, 5.74) is 60.4. The maximum atomic E-state index is 14.4. The second kappa shape index (κ2) is 29.8. The summed E-state index contributed by atoms with van der Waals surface area (Å²) in [4.78, 5) is 95.7. The number of benzene rings is 6. The van der Waals surface area contributed by atoms with Gasteiger partial charge in [-0.15, -0.1) is 0 Å². The van der Waals surface area contributed by atoms with Gasteiger partial charge in [0, 0.05) is 74.3 Å². The van der Waals surface area contributed by atoms with E-state index in [2.05, 4.69) is 30.9 Å². The van der Waals surface area contributed by atoms with Gasteiger partial charge in [0.15, 0.2) is 34.0 Å². The number of amides is 3. The fraction of sp³-hybridized carbons (Fsp3) is 0.314. The topological polar surface area (TPSA) is 420 Å². The molecule has 9 rings (SSSR count). The quantitative estimate of drug-likeness (QED) is 0.0127. The molecular formula is C70H85N15O6. The van der Waals surface area contributed by atoms with Gasteiger partial charge >= 0.3 is 0 Å². The summed E-state index contributed by atoms with van der Waals surface area (Å²) in [5, 5.41) is 11.4. The van der Waals surface area contributed by atoms with Crippen LogP contribution < -0.4 is 67.6 Å². The van der Waals surface area contributed by atoms with Crippen molar-refractivity contribution < 1.29 is 28.8 Å². The van der Waals surface area contributed by atoms with Gasteiger partial charge in [-0.3, -0.25) is 28.8 Å². The Balaban J connectivity index is 0.980. The Labute approximate surface area is 528 Å². The van der Waals surface area contributed by atoms with E-state index < -0.39 is 75.7 Å². The van der Waals surface area contributed by atoms with Crippen LogP contribution in [0.5, 0.6) is 0 Å². The van der Waals surface area contributed by atoms with Gasteiger partial charge < -0.3 is 82.5 Å². The minimum absolute atomic E-state index is 0.00983. The van der Waals surface area contributed by atoms with E-state index >= 15 is 0 Å². The van der Waals surface area contributed by atoms with Crippen molar-refractivity contribution in [2.75, 3.05) is 35.6 Å². The van der Waals surface area contributed by atoms with E-state index in [4.69, 9.17) is 51.6 Å². The number of nitrogens with one attached hydrogen (secondary N) is 6. The molecule has 3 aromatic heterocycles. The number of hydrogen-bond donors (Lipinski definition) is 15. The molecule has 0 unspecified atom stereocenters. The number of rotatable bonds is 33. The number of nitrogens with two attached hydrogens (primary N) is 9. The van der Waals surface area contributed by atoms with E-state index in [9.17, 15) is 28.8 Å². The number of carbonyl (C=O) groups excluding carboxylic acids is 6. The first-order valence-corrected chi connectivity index (χ1v) is 31.1. The third-order valence-corrected chi connectivity index (χ3v) is 17.5. The van der Waals surface area contributed by atoms with E-state index in [1.807, 2.05) is 109 Å². The number of fused-ring (bicyclic) bond motifs is 3. The molecular weight excluding hydrogens is 1150 g/mol. The number of aromatic nitrogens is 3. The number of Topliss-reactive ketones (excluding diaryl/α,β-unsaturated/α-hetero) is 3. The number of aromatic amines is 3. The zero-order chi connectivity index (χ0) is 64.9. The number of unbranched alkanes of at least 4 members (excludes halogenated alkanes) is 3. The number of H-pyrrole nitrogens is 3. The van der Waals surface area contributed by atoms with Crippen LogP contribution in [0.2, 0.25) is 0 Å². The summed E-state index contributed by atoms with van der Waals surface area (Å²) < 4.78 is 0. The maximum absolute atomic E-state index is 14.4. The zero-order valence-corrected chi connectivity index (χ0v) is 51.2. The van der Waals surface area contributed by atoms with Crippen molar-refractivity contribution in [1.29, 1.82) is 0 Å². The summed E-state index contributed by atoms with van der Waals surface area (Å²) >= 11 is 0. The molecule has 0 aliphatic heterocycles. The fourth-order valence-corrected chi connectivity index (χ4v) is 12.2. The van der Waals surface area contributed by atoms with Gasteiger partial charge in [0.05, 0.1) is 18.1 Å². The van der Waals surface area contributed by atoms with Crippen molar-refractivity contribution >= 4 is 84.8 Å². The molecule has 3 heterocycles. The SMILES string of the molecule is NCCCC[C@@](N)(C(=O)Nc1ccc(C(c2ccc(NC(=O)[C@](N)(CCCCN)C(=O)[C@H](N)Cc3c[nH]c4ccccc34)cc2)c2ccc(NC(=O)[C@](N)(CCCCN)C(=O)[C@H](N)Cc3c[nH]c4ccccc34)cc2)cc1)C(=O)[C@H](N)Cc1c[nH]c2ccccc12. The summed E-state index contributed by atoms with van der Waals surface area (Å²) in [6.45, 7) is 1.02. The molecule has 6 atom stereocenters. The van der Waals surface area contributed by atoms with Crippen LogP contribution in [0.15, 0.2) is 164 Å². The standard InChI is InChI=1S/C70H85N15O6/c71-34-10-7-31-68(77,62(86)55(74)37-46-40-80-58-16-4-1-13-52(46)58)65(89)83-49-25-19-43(20-26-49)61(44-21-27-50(28-22-44)84-66(90)69(78,32-8-11-35-72)63(87)56(75)38-47-41-81-59-17-5-2-14-53(47)59)45-23-29-51(30-24-45)85-67(91)70(79,33-9-12-36-73)64(88)57(76)39-48-42-82-60-18-6-3-15-54(48)60/h1-6,13-30,40-42,55-57,61,80-82H,7-12,31-39,71-79H2,(H,83,89)(H,84,90)(H,85,91)/t55-,56-,57-,68+,69+,70+/m1/s1.